The van der Waals surface area contributed by atoms with Gasteiger partial charge in [0, 0.05) is 41.0 Å². The van der Waals surface area contributed by atoms with Crippen molar-refractivity contribution in [2.75, 3.05) is 5.32 Å². The van der Waals surface area contributed by atoms with Gasteiger partial charge in [-0.2, -0.15) is 0 Å². The van der Waals surface area contributed by atoms with Crippen LogP contribution in [0.1, 0.15) is 28.6 Å². The van der Waals surface area contributed by atoms with Crippen molar-refractivity contribution in [3.63, 3.8) is 0 Å². The van der Waals surface area contributed by atoms with Gasteiger partial charge in [-0.05, 0) is 60.9 Å². The maximum Gasteiger partial charge on any atom is 0.352 e. The van der Waals surface area contributed by atoms with E-state index < -0.39 is 23.4 Å². The molecule has 1 aliphatic heterocycles. The summed E-state index contributed by atoms with van der Waals surface area (Å²) in [4.78, 5) is 42.0. The number of aromatic carboxylic acids is 1. The number of benzene rings is 2. The summed E-state index contributed by atoms with van der Waals surface area (Å²) in [6.45, 7) is 0. The molecule has 1 amide bonds. The van der Waals surface area contributed by atoms with E-state index in [1.165, 1.54) is 33.9 Å². The zero-order chi connectivity index (χ0) is 26.7. The second-order valence-electron chi connectivity index (χ2n) is 9.10. The van der Waals surface area contributed by atoms with Crippen LogP contribution in [0.4, 0.5) is 10.1 Å². The molecule has 10 nitrogen and oxygen atoms in total. The smallest absolute Gasteiger partial charge is 0.352 e. The molecule has 0 saturated heterocycles. The van der Waals surface area contributed by atoms with Crippen molar-refractivity contribution < 1.29 is 19.1 Å². The van der Waals surface area contributed by atoms with E-state index in [1.807, 2.05) is 0 Å². The van der Waals surface area contributed by atoms with Crippen LogP contribution in [0.15, 0.2) is 59.7 Å². The zero-order valence-corrected chi connectivity index (χ0v) is 20.7. The number of aryl methyl sites for hydroxylation is 2. The molecule has 0 unspecified atom stereocenters. The van der Waals surface area contributed by atoms with Crippen LogP contribution < -0.4 is 10.9 Å². The number of carboxylic acids is 1. The highest BCUT2D eigenvalue weighted by molar-refractivity contribution is 6.31. The Morgan fingerprint density at radius 3 is 2.71 bits per heavy atom. The second kappa shape index (κ2) is 8.73. The molecule has 1 atom stereocenters. The van der Waals surface area contributed by atoms with E-state index in [-0.39, 0.29) is 22.2 Å². The number of anilines is 1. The van der Waals surface area contributed by atoms with Crippen LogP contribution in [0.3, 0.4) is 0 Å². The first kappa shape index (κ1) is 23.7. The van der Waals surface area contributed by atoms with Gasteiger partial charge in [-0.25, -0.2) is 18.7 Å². The van der Waals surface area contributed by atoms with Crippen molar-refractivity contribution in [2.24, 2.45) is 7.05 Å². The van der Waals surface area contributed by atoms with Gasteiger partial charge in [0.1, 0.15) is 18.1 Å². The molecule has 12 heteroatoms. The maximum absolute atomic E-state index is 15.3. The summed E-state index contributed by atoms with van der Waals surface area (Å²) in [6, 6.07) is 11.9. The summed E-state index contributed by atoms with van der Waals surface area (Å²) in [5, 5.41) is 16.6. The van der Waals surface area contributed by atoms with E-state index >= 15 is 4.39 Å². The molecule has 3 N–H and O–H groups in total. The number of halogens is 2. The average molecular weight is 535 g/mol. The van der Waals surface area contributed by atoms with Crippen molar-refractivity contribution in [1.82, 2.24) is 24.1 Å². The Morgan fingerprint density at radius 1 is 1.18 bits per heavy atom. The third kappa shape index (κ3) is 3.79. The number of carbonyl (C=O) groups excluding carboxylic acids is 1. The number of nitrogens with zero attached hydrogens (tertiary/aromatic N) is 4. The number of carbonyl (C=O) groups is 2. The summed E-state index contributed by atoms with van der Waals surface area (Å²) >= 11 is 6.08. The highest BCUT2D eigenvalue weighted by Crippen LogP contribution is 2.35. The third-order valence-corrected chi connectivity index (χ3v) is 7.10. The predicted octanol–water partition coefficient (Wildman–Crippen LogP) is 4.14. The van der Waals surface area contributed by atoms with Gasteiger partial charge < -0.3 is 20.0 Å². The van der Waals surface area contributed by atoms with Gasteiger partial charge in [0.2, 0.25) is 5.91 Å². The Balaban J connectivity index is 1.33. The number of hydrogen-bond donors (Lipinski definition) is 3. The minimum Gasteiger partial charge on any atom is -0.477 e. The SMILES string of the molecule is Cn1ncn1-c1ccc(Cl)c(F)c1-c1cc2n(c(=O)c1)[C@H](C(=O)Nc1ccc3[nH]c(C(=O)O)cc3c1)CC2. The number of hydrogen-bond acceptors (Lipinski definition) is 4. The fourth-order valence-electron chi connectivity index (χ4n) is 4.97. The highest BCUT2D eigenvalue weighted by Gasteiger charge is 2.31. The van der Waals surface area contributed by atoms with Gasteiger partial charge in [-0.3, -0.25) is 9.59 Å². The third-order valence-electron chi connectivity index (χ3n) is 6.80. The molecule has 5 aromatic rings. The number of carboxylic acid groups (broad SMARTS) is 1. The summed E-state index contributed by atoms with van der Waals surface area (Å²) < 4.78 is 18.3. The Kier molecular flexibility index (Phi) is 5.46. The molecule has 0 radical (unpaired) electrons. The molecule has 3 aromatic heterocycles. The van der Waals surface area contributed by atoms with Crippen LogP contribution in [0.25, 0.3) is 27.7 Å². The maximum atomic E-state index is 15.3. The lowest BCUT2D eigenvalue weighted by molar-refractivity contribution is -0.119. The number of amides is 1. The topological polar surface area (TPSA) is 127 Å². The largest absolute Gasteiger partial charge is 0.477 e. The first-order valence-corrected chi connectivity index (χ1v) is 12.1. The Labute approximate surface area is 218 Å². The summed E-state index contributed by atoms with van der Waals surface area (Å²) in [5.41, 5.74) is 2.33. The number of H-pyrrole nitrogens is 1. The lowest BCUT2D eigenvalue weighted by Crippen LogP contribution is -2.31. The lowest BCUT2D eigenvalue weighted by Gasteiger charge is -2.20. The second-order valence-corrected chi connectivity index (χ2v) is 9.51. The van der Waals surface area contributed by atoms with Crippen molar-refractivity contribution in [1.29, 1.82) is 0 Å². The monoisotopic (exact) mass is 534 g/mol. The van der Waals surface area contributed by atoms with Gasteiger partial charge in [0.25, 0.3) is 5.56 Å². The standard InChI is InChI=1S/C26H20ClFN6O4/c1-32-29-12-33(32)20-7-4-17(27)24(28)23(20)14-9-16-3-6-21(34(16)22(35)11-14)25(36)30-15-2-5-18-13(8-15)10-19(31-18)26(37)38/h2,4-5,7-12,21,31H,3,6H2,1H3,(H,30,36)(H,37,38)/t21-/m0/s1. The van der Waals surface area contributed by atoms with E-state index in [2.05, 4.69) is 15.4 Å². The molecular weight excluding hydrogens is 515 g/mol. The Hall–Kier alpha value is -4.64. The molecule has 192 valence electrons. The van der Waals surface area contributed by atoms with Crippen LogP contribution in [0.2, 0.25) is 5.02 Å². The van der Waals surface area contributed by atoms with Crippen LogP contribution in [-0.4, -0.2) is 41.1 Å². The van der Waals surface area contributed by atoms with E-state index in [0.717, 1.165) is 0 Å². The highest BCUT2D eigenvalue weighted by atomic mass is 35.5. The van der Waals surface area contributed by atoms with E-state index in [9.17, 15) is 19.5 Å². The molecule has 0 spiro atoms. The van der Waals surface area contributed by atoms with Crippen molar-refractivity contribution in [2.45, 2.75) is 18.9 Å². The van der Waals surface area contributed by atoms with E-state index in [1.54, 1.807) is 42.1 Å². The van der Waals surface area contributed by atoms with Crippen LogP contribution in [-0.2, 0) is 18.3 Å². The van der Waals surface area contributed by atoms with Gasteiger partial charge in [0.05, 0.1) is 10.7 Å². The van der Waals surface area contributed by atoms with Crippen LogP contribution in [0, 0.1) is 5.82 Å². The van der Waals surface area contributed by atoms with Gasteiger partial charge >= 0.3 is 5.97 Å². The molecule has 0 saturated carbocycles. The summed E-state index contributed by atoms with van der Waals surface area (Å²) in [5.74, 6) is -2.11. The van der Waals surface area contributed by atoms with Gasteiger partial charge in [0.15, 0.2) is 5.82 Å². The average Bonchev–Trinajstić information content (AvgIpc) is 3.50. The molecule has 2 aromatic carbocycles. The summed E-state index contributed by atoms with van der Waals surface area (Å²) in [6.07, 6.45) is 2.37. The predicted molar refractivity (Wildman–Crippen MR) is 138 cm³/mol. The number of pyridine rings is 1. The van der Waals surface area contributed by atoms with E-state index in [0.29, 0.717) is 46.4 Å². The molecule has 0 bridgehead atoms. The minimum absolute atomic E-state index is 0.0443. The normalized spacial score (nSPS) is 14.7. The Bertz CT molecular complexity index is 1830. The number of aromatic amines is 1. The molecule has 38 heavy (non-hydrogen) atoms. The number of rotatable bonds is 5. The molecule has 0 aliphatic carbocycles. The van der Waals surface area contributed by atoms with Crippen LogP contribution >= 0.6 is 11.6 Å². The molecule has 0 fully saturated rings. The zero-order valence-electron chi connectivity index (χ0n) is 19.9. The number of nitrogens with one attached hydrogen (secondary N) is 2. The minimum atomic E-state index is -1.08. The molecular formula is C26H20ClFN6O4. The Morgan fingerprint density at radius 2 is 2.00 bits per heavy atom. The lowest BCUT2D eigenvalue weighted by atomic mass is 10.0. The summed E-state index contributed by atoms with van der Waals surface area (Å²) in [7, 11) is 1.70. The van der Waals surface area contributed by atoms with Crippen molar-refractivity contribution in [3.8, 4) is 16.8 Å². The van der Waals surface area contributed by atoms with E-state index in [4.69, 9.17) is 11.6 Å². The quantitative estimate of drug-likeness (QED) is 0.312. The first-order chi connectivity index (χ1) is 18.2. The van der Waals surface area contributed by atoms with Crippen molar-refractivity contribution >= 4 is 40.1 Å². The molecule has 6 rings (SSSR count). The first-order valence-electron chi connectivity index (χ1n) is 11.7. The number of fused-ring (bicyclic) bond motifs is 2. The molecule has 1 aliphatic rings. The van der Waals surface area contributed by atoms with Crippen LogP contribution in [0.5, 0.6) is 0 Å². The van der Waals surface area contributed by atoms with Gasteiger partial charge in [-0.15, -0.1) is 5.10 Å². The number of aromatic nitrogens is 5. The van der Waals surface area contributed by atoms with Crippen molar-refractivity contribution in [3.05, 3.63) is 87.4 Å². The fourth-order valence-corrected chi connectivity index (χ4v) is 5.13. The molecule has 4 heterocycles. The fraction of sp³-hybridized carbons (Fsp3) is 0.154. The van der Waals surface area contributed by atoms with Gasteiger partial charge in [-0.1, -0.05) is 11.6 Å².